The molecule has 1 fully saturated rings. The Morgan fingerprint density at radius 1 is 1.16 bits per heavy atom. The molecule has 4 rings (SSSR count). The van der Waals surface area contributed by atoms with E-state index in [-0.39, 0.29) is 40.3 Å². The number of hydrogen-bond donors (Lipinski definition) is 0. The Labute approximate surface area is 149 Å². The van der Waals surface area contributed by atoms with Crippen molar-refractivity contribution in [1.29, 1.82) is 0 Å². The number of carbonyl (C=O) groups excluding carboxylic acids is 1. The molecular formula is C19H18ClFN2O2. The number of benzene rings is 1. The molecule has 3 heterocycles. The molecule has 6 heteroatoms. The van der Waals surface area contributed by atoms with E-state index in [0.717, 1.165) is 12.1 Å². The second-order valence-corrected chi connectivity index (χ2v) is 7.28. The van der Waals surface area contributed by atoms with E-state index in [1.54, 1.807) is 23.1 Å². The van der Waals surface area contributed by atoms with E-state index in [1.807, 2.05) is 10.6 Å². The third kappa shape index (κ3) is 2.97. The van der Waals surface area contributed by atoms with Gasteiger partial charge in [0.05, 0.1) is 6.42 Å². The SMILES string of the molecule is O=C(Cc1c(F)cccc1Cl)N1CC2CC(C1)c1cccc(=O)n1C2. The molecule has 2 bridgehead atoms. The number of aromatic nitrogens is 1. The Bertz CT molecular complexity index is 875. The number of likely N-dealkylation sites (tertiary alicyclic amines) is 1. The molecule has 0 radical (unpaired) electrons. The van der Waals surface area contributed by atoms with Gasteiger partial charge in [-0.25, -0.2) is 4.39 Å². The fourth-order valence-corrected chi connectivity index (χ4v) is 4.29. The van der Waals surface area contributed by atoms with E-state index in [2.05, 4.69) is 0 Å². The maximum atomic E-state index is 14.0. The lowest BCUT2D eigenvalue weighted by Crippen LogP contribution is -2.49. The summed E-state index contributed by atoms with van der Waals surface area (Å²) in [5, 5.41) is 0.280. The zero-order chi connectivity index (χ0) is 17.6. The molecule has 25 heavy (non-hydrogen) atoms. The number of halogens is 2. The van der Waals surface area contributed by atoms with Gasteiger partial charge in [-0.05, 0) is 30.5 Å². The van der Waals surface area contributed by atoms with E-state index in [4.69, 9.17) is 11.6 Å². The third-order valence-electron chi connectivity index (χ3n) is 5.22. The number of rotatable bonds is 2. The topological polar surface area (TPSA) is 42.3 Å². The van der Waals surface area contributed by atoms with Gasteiger partial charge in [-0.15, -0.1) is 0 Å². The summed E-state index contributed by atoms with van der Waals surface area (Å²) in [6.07, 6.45) is 0.945. The molecule has 0 saturated carbocycles. The molecule has 2 unspecified atom stereocenters. The van der Waals surface area contributed by atoms with Crippen LogP contribution < -0.4 is 5.56 Å². The number of hydrogen-bond acceptors (Lipinski definition) is 2. The highest BCUT2D eigenvalue weighted by atomic mass is 35.5. The Morgan fingerprint density at radius 3 is 2.76 bits per heavy atom. The first-order valence-corrected chi connectivity index (χ1v) is 8.81. The van der Waals surface area contributed by atoms with Gasteiger partial charge in [0.2, 0.25) is 5.91 Å². The first-order chi connectivity index (χ1) is 12.0. The molecule has 1 amide bonds. The third-order valence-corrected chi connectivity index (χ3v) is 5.58. The van der Waals surface area contributed by atoms with Crippen molar-refractivity contribution in [2.24, 2.45) is 5.92 Å². The summed E-state index contributed by atoms with van der Waals surface area (Å²) in [4.78, 5) is 26.6. The Hall–Kier alpha value is -2.14. The highest BCUT2D eigenvalue weighted by Gasteiger charge is 2.36. The van der Waals surface area contributed by atoms with Crippen molar-refractivity contribution in [3.8, 4) is 0 Å². The molecule has 2 aliphatic heterocycles. The normalized spacial score (nSPS) is 21.8. The predicted molar refractivity (Wildman–Crippen MR) is 93.2 cm³/mol. The number of piperidine rings is 1. The minimum Gasteiger partial charge on any atom is -0.341 e. The Morgan fingerprint density at radius 2 is 1.96 bits per heavy atom. The molecule has 1 aromatic carbocycles. The van der Waals surface area contributed by atoms with E-state index in [9.17, 15) is 14.0 Å². The van der Waals surface area contributed by atoms with Crippen molar-refractivity contribution in [1.82, 2.24) is 9.47 Å². The molecule has 1 aromatic heterocycles. The monoisotopic (exact) mass is 360 g/mol. The first kappa shape index (κ1) is 16.3. The quantitative estimate of drug-likeness (QED) is 0.826. The Balaban J connectivity index is 1.56. The van der Waals surface area contributed by atoms with Gasteiger partial charge in [0.1, 0.15) is 5.82 Å². The molecule has 4 nitrogen and oxygen atoms in total. The number of nitrogens with zero attached hydrogens (tertiary/aromatic N) is 2. The van der Waals surface area contributed by atoms with Crippen molar-refractivity contribution in [2.45, 2.75) is 25.3 Å². The summed E-state index contributed by atoms with van der Waals surface area (Å²) in [6, 6.07) is 9.76. The van der Waals surface area contributed by atoms with E-state index < -0.39 is 5.82 Å². The Kier molecular flexibility index (Phi) is 4.12. The second kappa shape index (κ2) is 6.30. The van der Waals surface area contributed by atoms with Crippen molar-refractivity contribution in [2.75, 3.05) is 13.1 Å². The fraction of sp³-hybridized carbons (Fsp3) is 0.368. The van der Waals surface area contributed by atoms with Crippen LogP contribution in [0.15, 0.2) is 41.2 Å². The molecule has 2 atom stereocenters. The van der Waals surface area contributed by atoms with E-state index >= 15 is 0 Å². The van der Waals surface area contributed by atoms with Crippen molar-refractivity contribution < 1.29 is 9.18 Å². The maximum absolute atomic E-state index is 14.0. The molecule has 2 aromatic rings. The van der Waals surface area contributed by atoms with Crippen molar-refractivity contribution >= 4 is 17.5 Å². The van der Waals surface area contributed by atoms with Gasteiger partial charge in [-0.2, -0.15) is 0 Å². The number of pyridine rings is 1. The molecule has 0 N–H and O–H groups in total. The fourth-order valence-electron chi connectivity index (χ4n) is 4.06. The van der Waals surface area contributed by atoms with Crippen molar-refractivity contribution in [3.05, 3.63) is 68.8 Å². The largest absolute Gasteiger partial charge is 0.341 e. The average Bonchev–Trinajstić information content (AvgIpc) is 2.59. The molecule has 0 spiro atoms. The summed E-state index contributed by atoms with van der Waals surface area (Å²) in [7, 11) is 0. The van der Waals surface area contributed by atoms with Crippen LogP contribution in [0, 0.1) is 11.7 Å². The van der Waals surface area contributed by atoms with Gasteiger partial charge in [0.15, 0.2) is 0 Å². The number of fused-ring (bicyclic) bond motifs is 4. The smallest absolute Gasteiger partial charge is 0.250 e. The van der Waals surface area contributed by atoms with Crippen LogP contribution in [-0.2, 0) is 17.8 Å². The zero-order valence-corrected chi connectivity index (χ0v) is 14.4. The highest BCUT2D eigenvalue weighted by Crippen LogP contribution is 2.35. The average molecular weight is 361 g/mol. The van der Waals surface area contributed by atoms with Crippen LogP contribution in [0.5, 0.6) is 0 Å². The predicted octanol–water partition coefficient (Wildman–Crippen LogP) is 2.83. The van der Waals surface area contributed by atoms with Crippen LogP contribution in [0.4, 0.5) is 4.39 Å². The van der Waals surface area contributed by atoms with Gasteiger partial charge >= 0.3 is 0 Å². The van der Waals surface area contributed by atoms with Gasteiger partial charge in [0.25, 0.3) is 5.56 Å². The van der Waals surface area contributed by atoms with Crippen LogP contribution in [0.1, 0.15) is 23.6 Å². The van der Waals surface area contributed by atoms with Crippen LogP contribution in [0.2, 0.25) is 5.02 Å². The van der Waals surface area contributed by atoms with Crippen LogP contribution in [0.3, 0.4) is 0 Å². The van der Waals surface area contributed by atoms with Crippen LogP contribution in [-0.4, -0.2) is 28.5 Å². The lowest BCUT2D eigenvalue weighted by molar-refractivity contribution is -0.133. The molecule has 130 valence electrons. The molecule has 1 saturated heterocycles. The standard InChI is InChI=1S/C19H18ClFN2O2/c20-15-3-1-4-16(21)14(15)8-19(25)22-9-12-7-13(11-22)17-5-2-6-18(24)23(17)10-12/h1-6,12-13H,7-11H2. The molecule has 2 aliphatic rings. The molecule has 0 aliphatic carbocycles. The summed E-state index contributed by atoms with van der Waals surface area (Å²) in [5.41, 5.74) is 1.26. The maximum Gasteiger partial charge on any atom is 0.250 e. The molecular weight excluding hydrogens is 343 g/mol. The number of amides is 1. The minimum absolute atomic E-state index is 0.0186. The van der Waals surface area contributed by atoms with E-state index in [1.165, 1.54) is 12.1 Å². The van der Waals surface area contributed by atoms with Crippen LogP contribution in [0.25, 0.3) is 0 Å². The summed E-state index contributed by atoms with van der Waals surface area (Å²) < 4.78 is 15.8. The van der Waals surface area contributed by atoms with Gasteiger partial charge < -0.3 is 9.47 Å². The van der Waals surface area contributed by atoms with Gasteiger partial charge in [-0.1, -0.05) is 23.7 Å². The number of carbonyl (C=O) groups is 1. The minimum atomic E-state index is -0.449. The highest BCUT2D eigenvalue weighted by molar-refractivity contribution is 6.31. The van der Waals surface area contributed by atoms with E-state index in [0.29, 0.717) is 19.6 Å². The summed E-state index contributed by atoms with van der Waals surface area (Å²) in [6.45, 7) is 1.79. The van der Waals surface area contributed by atoms with Gasteiger partial charge in [0, 0.05) is 47.9 Å². The van der Waals surface area contributed by atoms with Crippen molar-refractivity contribution in [3.63, 3.8) is 0 Å². The summed E-state index contributed by atoms with van der Waals surface area (Å²) >= 11 is 6.04. The van der Waals surface area contributed by atoms with Crippen LogP contribution >= 0.6 is 11.6 Å². The zero-order valence-electron chi connectivity index (χ0n) is 13.6. The first-order valence-electron chi connectivity index (χ1n) is 8.43. The lowest BCUT2D eigenvalue weighted by atomic mass is 9.83. The summed E-state index contributed by atoms with van der Waals surface area (Å²) in [5.74, 6) is -0.156. The lowest BCUT2D eigenvalue weighted by Gasteiger charge is -2.42. The second-order valence-electron chi connectivity index (χ2n) is 6.87. The van der Waals surface area contributed by atoms with Gasteiger partial charge in [-0.3, -0.25) is 9.59 Å².